The number of carbonyl (C=O) groups is 4. The Morgan fingerprint density at radius 3 is 2.13 bits per heavy atom. The van der Waals surface area contributed by atoms with Gasteiger partial charge in [-0.3, -0.25) is 19.2 Å². The van der Waals surface area contributed by atoms with E-state index in [-0.39, 0.29) is 35.1 Å². The van der Waals surface area contributed by atoms with Gasteiger partial charge in [0.15, 0.2) is 12.2 Å². The van der Waals surface area contributed by atoms with Crippen LogP contribution >= 0.6 is 11.3 Å². The standard InChI is InChI=1S/C33H33FO10S/c1-17(2)40-16-26-30(41-19(4)35)31(42-20(5)36)32(43-21(6)37)33(39,44-26)23-10-7-18(3)25(15-23)29(38)28-14-13-27(45-28)22-8-11-24(34)12-9-22/h7-15,26,30-32,39H,1,16H2,2-6H3/t26-,30-,31+,32-,33+/m1/s1. The minimum absolute atomic E-state index is 0.00299. The zero-order valence-electron chi connectivity index (χ0n) is 25.3. The number of hydrogen-bond acceptors (Lipinski definition) is 11. The molecule has 1 saturated heterocycles. The van der Waals surface area contributed by atoms with Crippen LogP contribution in [0, 0.1) is 12.7 Å². The first-order valence-electron chi connectivity index (χ1n) is 13.9. The van der Waals surface area contributed by atoms with Crippen molar-refractivity contribution >= 4 is 35.0 Å². The Kier molecular flexibility index (Phi) is 10.2. The van der Waals surface area contributed by atoms with E-state index in [1.807, 2.05) is 0 Å². The van der Waals surface area contributed by atoms with Gasteiger partial charge >= 0.3 is 17.9 Å². The fourth-order valence-corrected chi connectivity index (χ4v) is 5.95. The van der Waals surface area contributed by atoms with Crippen LogP contribution < -0.4 is 0 Å². The topological polar surface area (TPSA) is 135 Å². The van der Waals surface area contributed by atoms with Gasteiger partial charge in [-0.05, 0) is 55.3 Å². The largest absolute Gasteiger partial charge is 0.496 e. The minimum Gasteiger partial charge on any atom is -0.496 e. The highest BCUT2D eigenvalue weighted by Gasteiger charge is 2.60. The summed E-state index contributed by atoms with van der Waals surface area (Å²) in [5.41, 5.74) is 1.51. The summed E-state index contributed by atoms with van der Waals surface area (Å²) in [6.07, 6.45) is -5.88. The Morgan fingerprint density at radius 1 is 0.911 bits per heavy atom. The van der Waals surface area contributed by atoms with Crippen molar-refractivity contribution in [3.05, 3.63) is 94.3 Å². The van der Waals surface area contributed by atoms with Crippen molar-refractivity contribution in [1.82, 2.24) is 0 Å². The van der Waals surface area contributed by atoms with Crippen LogP contribution in [0.25, 0.3) is 10.4 Å². The fourth-order valence-electron chi connectivity index (χ4n) is 4.99. The third-order valence-electron chi connectivity index (χ3n) is 6.95. The van der Waals surface area contributed by atoms with Crippen LogP contribution in [0.2, 0.25) is 0 Å². The number of aliphatic hydroxyl groups is 1. The smallest absolute Gasteiger partial charge is 0.303 e. The molecule has 238 valence electrons. The van der Waals surface area contributed by atoms with E-state index in [1.54, 1.807) is 44.2 Å². The normalized spacial score (nSPS) is 22.6. The Balaban J connectivity index is 1.80. The van der Waals surface area contributed by atoms with Gasteiger partial charge in [-0.15, -0.1) is 11.3 Å². The van der Waals surface area contributed by atoms with Crippen LogP contribution in [-0.4, -0.2) is 59.8 Å². The van der Waals surface area contributed by atoms with Crippen molar-refractivity contribution in [3.8, 4) is 10.4 Å². The Hall–Kier alpha value is -4.39. The van der Waals surface area contributed by atoms with E-state index in [4.69, 9.17) is 23.7 Å². The molecule has 2 heterocycles. The Bertz CT molecular complexity index is 1610. The van der Waals surface area contributed by atoms with Gasteiger partial charge in [0.25, 0.3) is 0 Å². The quantitative estimate of drug-likeness (QED) is 0.140. The second kappa shape index (κ2) is 13.7. The molecule has 1 aromatic heterocycles. The summed E-state index contributed by atoms with van der Waals surface area (Å²) in [6.45, 7) is 10.00. The second-order valence-corrected chi connectivity index (χ2v) is 11.7. The summed E-state index contributed by atoms with van der Waals surface area (Å²) in [4.78, 5) is 51.5. The molecule has 2 aromatic carbocycles. The van der Waals surface area contributed by atoms with E-state index in [9.17, 15) is 28.7 Å². The number of allylic oxidation sites excluding steroid dienone is 1. The van der Waals surface area contributed by atoms with Gasteiger partial charge in [0, 0.05) is 36.8 Å². The first-order chi connectivity index (χ1) is 21.2. The maximum atomic E-state index is 13.8. The summed E-state index contributed by atoms with van der Waals surface area (Å²) in [6, 6.07) is 13.8. The molecule has 0 aliphatic carbocycles. The molecule has 0 radical (unpaired) electrons. The highest BCUT2D eigenvalue weighted by molar-refractivity contribution is 7.17. The summed E-state index contributed by atoms with van der Waals surface area (Å²) in [5, 5.41) is 12.2. The lowest BCUT2D eigenvalue weighted by atomic mass is 9.86. The maximum absolute atomic E-state index is 13.8. The molecule has 1 N–H and O–H groups in total. The number of aryl methyl sites for hydroxylation is 1. The molecular weight excluding hydrogens is 607 g/mol. The zero-order chi connectivity index (χ0) is 33.1. The highest BCUT2D eigenvalue weighted by atomic mass is 32.1. The zero-order valence-corrected chi connectivity index (χ0v) is 26.1. The first-order valence-corrected chi connectivity index (χ1v) is 14.7. The van der Waals surface area contributed by atoms with E-state index in [2.05, 4.69) is 6.58 Å². The molecule has 45 heavy (non-hydrogen) atoms. The van der Waals surface area contributed by atoms with Crippen molar-refractivity contribution < 1.29 is 52.4 Å². The van der Waals surface area contributed by atoms with Gasteiger partial charge in [0.1, 0.15) is 18.5 Å². The summed E-state index contributed by atoms with van der Waals surface area (Å²) < 4.78 is 41.5. The molecule has 1 aliphatic rings. The van der Waals surface area contributed by atoms with Gasteiger partial charge in [0.2, 0.25) is 17.7 Å². The SMILES string of the molecule is C=C(C)OC[C@H]1O[C@@](O)(c2ccc(C)c(C(=O)c3ccc(-c4ccc(F)cc4)s3)c2)[C@H](OC(C)=O)[C@@H](OC(C)=O)[C@@H]1OC(C)=O. The van der Waals surface area contributed by atoms with Gasteiger partial charge in [-0.25, -0.2) is 4.39 Å². The lowest BCUT2D eigenvalue weighted by Crippen LogP contribution is -2.66. The van der Waals surface area contributed by atoms with Crippen molar-refractivity contribution in [1.29, 1.82) is 0 Å². The van der Waals surface area contributed by atoms with Crippen LogP contribution in [0.4, 0.5) is 4.39 Å². The molecule has 5 atom stereocenters. The van der Waals surface area contributed by atoms with Crippen LogP contribution in [0.1, 0.15) is 54.1 Å². The number of halogens is 1. The number of ketones is 1. The summed E-state index contributed by atoms with van der Waals surface area (Å²) in [5.74, 6) is -5.39. The Morgan fingerprint density at radius 2 is 1.53 bits per heavy atom. The average molecular weight is 641 g/mol. The third-order valence-corrected chi connectivity index (χ3v) is 8.08. The first kappa shape index (κ1) is 33.5. The van der Waals surface area contributed by atoms with Crippen LogP contribution in [0.3, 0.4) is 0 Å². The predicted octanol–water partition coefficient (Wildman–Crippen LogP) is 4.98. The van der Waals surface area contributed by atoms with Gasteiger partial charge in [-0.1, -0.05) is 30.8 Å². The summed E-state index contributed by atoms with van der Waals surface area (Å²) in [7, 11) is 0. The second-order valence-electron chi connectivity index (χ2n) is 10.6. The monoisotopic (exact) mass is 640 g/mol. The number of ether oxygens (including phenoxy) is 5. The molecule has 10 nitrogen and oxygen atoms in total. The van der Waals surface area contributed by atoms with E-state index in [0.29, 0.717) is 10.4 Å². The van der Waals surface area contributed by atoms with Gasteiger partial charge in [-0.2, -0.15) is 0 Å². The molecule has 3 aromatic rings. The number of carbonyl (C=O) groups excluding carboxylic acids is 4. The molecule has 0 amide bonds. The number of benzene rings is 2. The Labute approximate surface area is 263 Å². The number of esters is 3. The average Bonchev–Trinajstić information content (AvgIpc) is 3.45. The molecule has 4 rings (SSSR count). The van der Waals surface area contributed by atoms with Gasteiger partial charge < -0.3 is 28.8 Å². The molecule has 1 fully saturated rings. The lowest BCUT2D eigenvalue weighted by molar-refractivity contribution is -0.360. The van der Waals surface area contributed by atoms with Crippen LogP contribution in [0.15, 0.2) is 66.9 Å². The van der Waals surface area contributed by atoms with E-state index >= 15 is 0 Å². The molecule has 0 unspecified atom stereocenters. The highest BCUT2D eigenvalue weighted by Crippen LogP contribution is 2.42. The van der Waals surface area contributed by atoms with E-state index < -0.39 is 48.1 Å². The number of hydrogen-bond donors (Lipinski definition) is 1. The fraction of sp³-hybridized carbons (Fsp3) is 0.333. The third kappa shape index (κ3) is 7.64. The minimum atomic E-state index is -2.51. The number of thiophene rings is 1. The predicted molar refractivity (Wildman–Crippen MR) is 161 cm³/mol. The molecule has 0 bridgehead atoms. The molecule has 12 heteroatoms. The van der Waals surface area contributed by atoms with Gasteiger partial charge in [0.05, 0.1) is 10.6 Å². The molecule has 1 aliphatic heterocycles. The van der Waals surface area contributed by atoms with E-state index in [0.717, 1.165) is 31.2 Å². The molecule has 0 saturated carbocycles. The van der Waals surface area contributed by atoms with Crippen molar-refractivity contribution in [2.45, 2.75) is 64.8 Å². The number of rotatable bonds is 10. The van der Waals surface area contributed by atoms with E-state index in [1.165, 1.54) is 35.6 Å². The van der Waals surface area contributed by atoms with Crippen molar-refractivity contribution in [2.75, 3.05) is 6.61 Å². The lowest BCUT2D eigenvalue weighted by Gasteiger charge is -2.48. The van der Waals surface area contributed by atoms with Crippen LogP contribution in [0.5, 0.6) is 0 Å². The molecular formula is C33H33FO10S. The van der Waals surface area contributed by atoms with Crippen LogP contribution in [-0.2, 0) is 43.9 Å². The van der Waals surface area contributed by atoms with Crippen molar-refractivity contribution in [2.24, 2.45) is 0 Å². The maximum Gasteiger partial charge on any atom is 0.303 e. The molecule has 0 spiro atoms. The summed E-state index contributed by atoms with van der Waals surface area (Å²) >= 11 is 1.21. The van der Waals surface area contributed by atoms with Crippen molar-refractivity contribution in [3.63, 3.8) is 0 Å².